The fraction of sp³-hybridized carbons (Fsp3) is 0.222. The molecule has 0 amide bonds. The van der Waals surface area contributed by atoms with Crippen LogP contribution in [-0.4, -0.2) is 39.2 Å². The molecule has 0 heterocycles. The van der Waals surface area contributed by atoms with Gasteiger partial charge >= 0.3 is 5.97 Å². The molecule has 0 unspecified atom stereocenters. The van der Waals surface area contributed by atoms with Crippen molar-refractivity contribution >= 4 is 11.8 Å². The summed E-state index contributed by atoms with van der Waals surface area (Å²) in [5, 5.41) is 0. The van der Waals surface area contributed by atoms with E-state index in [0.29, 0.717) is 11.5 Å². The van der Waals surface area contributed by atoms with Crippen LogP contribution < -0.4 is 14.2 Å². The molecule has 0 radical (unpaired) electrons. The molecular formula is C18H17FO6. The quantitative estimate of drug-likeness (QED) is 0.539. The van der Waals surface area contributed by atoms with Gasteiger partial charge in [-0.15, -0.1) is 0 Å². The average molecular weight is 348 g/mol. The van der Waals surface area contributed by atoms with Crippen molar-refractivity contribution in [2.45, 2.75) is 0 Å². The first-order chi connectivity index (χ1) is 12.0. The van der Waals surface area contributed by atoms with E-state index in [1.807, 2.05) is 0 Å². The topological polar surface area (TPSA) is 71.1 Å². The second-order valence-corrected chi connectivity index (χ2v) is 4.90. The highest BCUT2D eigenvalue weighted by Crippen LogP contribution is 2.25. The minimum atomic E-state index is -0.745. The molecule has 0 atom stereocenters. The summed E-state index contributed by atoms with van der Waals surface area (Å²) in [6, 6.07) is 10.0. The standard InChI is InChI=1S/C18H17FO6/c1-22-13-6-7-15(17(9-13)23-2)16(20)10-25-18(21)11-24-14-5-3-4-12(19)8-14/h3-9H,10-11H2,1-2H3. The number of hydrogen-bond donors (Lipinski definition) is 0. The van der Waals surface area contributed by atoms with E-state index in [9.17, 15) is 14.0 Å². The van der Waals surface area contributed by atoms with Crippen LogP contribution >= 0.6 is 0 Å². The lowest BCUT2D eigenvalue weighted by molar-refractivity contribution is -0.144. The molecule has 0 aromatic heterocycles. The minimum absolute atomic E-state index is 0.195. The summed E-state index contributed by atoms with van der Waals surface area (Å²) < 4.78 is 33.1. The van der Waals surface area contributed by atoms with Crippen LogP contribution in [0.25, 0.3) is 0 Å². The Morgan fingerprint density at radius 2 is 1.76 bits per heavy atom. The number of methoxy groups -OCH3 is 2. The highest BCUT2D eigenvalue weighted by Gasteiger charge is 2.16. The van der Waals surface area contributed by atoms with Gasteiger partial charge in [0.1, 0.15) is 23.1 Å². The van der Waals surface area contributed by atoms with Crippen LogP contribution in [0.3, 0.4) is 0 Å². The van der Waals surface area contributed by atoms with E-state index in [2.05, 4.69) is 0 Å². The zero-order valence-corrected chi connectivity index (χ0v) is 13.8. The second-order valence-electron chi connectivity index (χ2n) is 4.90. The van der Waals surface area contributed by atoms with Crippen molar-refractivity contribution in [2.24, 2.45) is 0 Å². The van der Waals surface area contributed by atoms with Crippen molar-refractivity contribution in [2.75, 3.05) is 27.4 Å². The van der Waals surface area contributed by atoms with Crippen molar-refractivity contribution in [3.63, 3.8) is 0 Å². The number of ether oxygens (including phenoxy) is 4. The Morgan fingerprint density at radius 1 is 0.960 bits per heavy atom. The van der Waals surface area contributed by atoms with Gasteiger partial charge in [-0.2, -0.15) is 0 Å². The molecule has 2 aromatic rings. The molecule has 0 aliphatic carbocycles. The molecule has 0 saturated heterocycles. The van der Waals surface area contributed by atoms with Crippen LogP contribution in [0.5, 0.6) is 17.2 Å². The van der Waals surface area contributed by atoms with E-state index in [1.54, 1.807) is 12.1 Å². The number of Topliss-reactive ketones (excluding diaryl/α,β-unsaturated/α-hetero) is 1. The van der Waals surface area contributed by atoms with E-state index in [1.165, 1.54) is 38.5 Å². The Hall–Kier alpha value is -3.09. The molecular weight excluding hydrogens is 331 g/mol. The summed E-state index contributed by atoms with van der Waals surface area (Å²) in [4.78, 5) is 23.8. The van der Waals surface area contributed by atoms with E-state index in [0.717, 1.165) is 6.07 Å². The number of carbonyl (C=O) groups excluding carboxylic acids is 2. The van der Waals surface area contributed by atoms with Gasteiger partial charge in [0.2, 0.25) is 5.78 Å². The monoisotopic (exact) mass is 348 g/mol. The van der Waals surface area contributed by atoms with Crippen LogP contribution in [0, 0.1) is 5.82 Å². The number of esters is 1. The first-order valence-corrected chi connectivity index (χ1v) is 7.32. The smallest absolute Gasteiger partial charge is 0.344 e. The molecule has 2 aromatic carbocycles. The summed E-state index contributed by atoms with van der Waals surface area (Å²) in [5.41, 5.74) is 0.266. The number of rotatable bonds is 8. The molecule has 0 saturated carbocycles. The summed E-state index contributed by atoms with van der Waals surface area (Å²) in [7, 11) is 2.92. The van der Waals surface area contributed by atoms with Gasteiger partial charge < -0.3 is 18.9 Å². The predicted octanol–water partition coefficient (Wildman–Crippen LogP) is 2.65. The van der Waals surface area contributed by atoms with Gasteiger partial charge in [-0.1, -0.05) is 6.07 Å². The van der Waals surface area contributed by atoms with Gasteiger partial charge in [0.25, 0.3) is 0 Å². The van der Waals surface area contributed by atoms with Crippen molar-refractivity contribution < 1.29 is 32.9 Å². The molecule has 132 valence electrons. The van der Waals surface area contributed by atoms with Crippen LogP contribution in [-0.2, 0) is 9.53 Å². The minimum Gasteiger partial charge on any atom is -0.497 e. The van der Waals surface area contributed by atoms with Gasteiger partial charge in [-0.3, -0.25) is 4.79 Å². The van der Waals surface area contributed by atoms with Gasteiger partial charge in [-0.25, -0.2) is 9.18 Å². The maximum Gasteiger partial charge on any atom is 0.344 e. The number of hydrogen-bond acceptors (Lipinski definition) is 6. The first-order valence-electron chi connectivity index (χ1n) is 7.32. The van der Waals surface area contributed by atoms with Crippen molar-refractivity contribution in [3.05, 3.63) is 53.8 Å². The number of benzene rings is 2. The molecule has 0 bridgehead atoms. The third kappa shape index (κ3) is 5.20. The molecule has 0 aliphatic heterocycles. The lowest BCUT2D eigenvalue weighted by Gasteiger charge is -2.10. The first kappa shape index (κ1) is 18.3. The molecule has 2 rings (SSSR count). The van der Waals surface area contributed by atoms with Gasteiger partial charge in [0, 0.05) is 12.1 Å². The highest BCUT2D eigenvalue weighted by atomic mass is 19.1. The van der Waals surface area contributed by atoms with Gasteiger partial charge in [0.05, 0.1) is 19.8 Å². The van der Waals surface area contributed by atoms with Crippen LogP contribution in [0.4, 0.5) is 4.39 Å². The predicted molar refractivity (Wildman–Crippen MR) is 86.7 cm³/mol. The maximum absolute atomic E-state index is 13.0. The Bertz CT molecular complexity index is 759. The average Bonchev–Trinajstić information content (AvgIpc) is 2.63. The molecule has 7 heteroatoms. The van der Waals surface area contributed by atoms with E-state index < -0.39 is 30.8 Å². The summed E-state index contributed by atoms with van der Waals surface area (Å²) in [5.74, 6) is -0.609. The van der Waals surface area contributed by atoms with Crippen LogP contribution in [0.1, 0.15) is 10.4 Å². The largest absolute Gasteiger partial charge is 0.497 e. The zero-order valence-electron chi connectivity index (χ0n) is 13.8. The third-order valence-electron chi connectivity index (χ3n) is 3.23. The SMILES string of the molecule is COc1ccc(C(=O)COC(=O)COc2cccc(F)c2)c(OC)c1. The van der Waals surface area contributed by atoms with Crippen LogP contribution in [0.15, 0.2) is 42.5 Å². The summed E-state index contributed by atoms with van der Waals surface area (Å²) >= 11 is 0. The molecule has 0 aliphatic rings. The highest BCUT2D eigenvalue weighted by molar-refractivity contribution is 6.00. The molecule has 25 heavy (non-hydrogen) atoms. The number of carbonyl (C=O) groups is 2. The number of halogens is 1. The van der Waals surface area contributed by atoms with E-state index >= 15 is 0 Å². The van der Waals surface area contributed by atoms with Crippen molar-refractivity contribution in [3.8, 4) is 17.2 Å². The Balaban J connectivity index is 1.88. The fourth-order valence-electron chi connectivity index (χ4n) is 1.99. The molecule has 0 N–H and O–H groups in total. The number of ketones is 1. The Kier molecular flexibility index (Phi) is 6.33. The zero-order chi connectivity index (χ0) is 18.2. The molecule has 0 spiro atoms. The van der Waals surface area contributed by atoms with Crippen LogP contribution in [0.2, 0.25) is 0 Å². The van der Waals surface area contributed by atoms with Gasteiger partial charge in [0.15, 0.2) is 13.2 Å². The van der Waals surface area contributed by atoms with E-state index in [4.69, 9.17) is 18.9 Å². The summed E-state index contributed by atoms with van der Waals surface area (Å²) in [6.45, 7) is -0.898. The van der Waals surface area contributed by atoms with E-state index in [-0.39, 0.29) is 11.3 Å². The maximum atomic E-state index is 13.0. The fourth-order valence-corrected chi connectivity index (χ4v) is 1.99. The van der Waals surface area contributed by atoms with Crippen molar-refractivity contribution in [1.82, 2.24) is 0 Å². The Morgan fingerprint density at radius 3 is 2.44 bits per heavy atom. The third-order valence-corrected chi connectivity index (χ3v) is 3.23. The Labute approximate surface area is 144 Å². The molecule has 6 nitrogen and oxygen atoms in total. The second kappa shape index (κ2) is 8.68. The lowest BCUT2D eigenvalue weighted by atomic mass is 10.1. The molecule has 0 fully saturated rings. The normalized spacial score (nSPS) is 10.0. The van der Waals surface area contributed by atoms with Gasteiger partial charge in [-0.05, 0) is 24.3 Å². The summed E-state index contributed by atoms with van der Waals surface area (Å²) in [6.07, 6.45) is 0. The van der Waals surface area contributed by atoms with Crippen molar-refractivity contribution in [1.29, 1.82) is 0 Å². The lowest BCUT2D eigenvalue weighted by Crippen LogP contribution is -2.20.